The van der Waals surface area contributed by atoms with E-state index < -0.39 is 17.4 Å². The van der Waals surface area contributed by atoms with Crippen LogP contribution in [0.5, 0.6) is 0 Å². The van der Waals surface area contributed by atoms with Crippen molar-refractivity contribution in [3.8, 4) is 6.07 Å². The van der Waals surface area contributed by atoms with Crippen molar-refractivity contribution in [2.45, 2.75) is 26.6 Å². The fourth-order valence-electron chi connectivity index (χ4n) is 3.64. The van der Waals surface area contributed by atoms with Crippen molar-refractivity contribution in [2.75, 3.05) is 0 Å². The van der Waals surface area contributed by atoms with E-state index >= 15 is 0 Å². The molecule has 4 aromatic rings. The third-order valence-electron chi connectivity index (χ3n) is 4.80. The van der Waals surface area contributed by atoms with E-state index in [-0.39, 0.29) is 45.5 Å². The quantitative estimate of drug-likeness (QED) is 0.492. The van der Waals surface area contributed by atoms with Crippen LogP contribution in [0.3, 0.4) is 0 Å². The van der Waals surface area contributed by atoms with Gasteiger partial charge in [-0.1, -0.05) is 30.3 Å². The number of nitrogens with zero attached hydrogens (tertiary/aromatic N) is 3. The molecule has 0 amide bonds. The summed E-state index contributed by atoms with van der Waals surface area (Å²) in [7, 11) is 0. The molecular weight excluding hydrogens is 383 g/mol. The Labute approximate surface area is 162 Å². The molecule has 0 radical (unpaired) electrons. The highest BCUT2D eigenvalue weighted by Gasteiger charge is 2.37. The van der Waals surface area contributed by atoms with Crippen LogP contribution in [0.15, 0.2) is 45.6 Å². The van der Waals surface area contributed by atoms with Gasteiger partial charge in [-0.25, -0.2) is 9.78 Å². The van der Waals surface area contributed by atoms with Gasteiger partial charge in [-0.15, -0.1) is 0 Å². The summed E-state index contributed by atoms with van der Waals surface area (Å²) in [6.07, 6.45) is -4.69. The molecule has 0 aliphatic carbocycles. The Hall–Kier alpha value is -3.60. The number of benzene rings is 2. The van der Waals surface area contributed by atoms with E-state index in [0.717, 1.165) is 11.6 Å². The summed E-state index contributed by atoms with van der Waals surface area (Å²) in [6.45, 7) is 2.93. The second-order valence-electron chi connectivity index (χ2n) is 6.74. The van der Waals surface area contributed by atoms with Crippen molar-refractivity contribution in [3.63, 3.8) is 0 Å². The van der Waals surface area contributed by atoms with Gasteiger partial charge in [0.05, 0.1) is 16.6 Å². The molecule has 0 N–H and O–H groups in total. The molecule has 0 saturated heterocycles. The van der Waals surface area contributed by atoms with E-state index in [1.165, 1.54) is 18.4 Å². The highest BCUT2D eigenvalue weighted by molar-refractivity contribution is 6.09. The van der Waals surface area contributed by atoms with Crippen molar-refractivity contribution in [2.24, 2.45) is 0 Å². The molecule has 0 aliphatic rings. The molecule has 146 valence electrons. The van der Waals surface area contributed by atoms with E-state index in [0.29, 0.717) is 0 Å². The lowest BCUT2D eigenvalue weighted by Crippen LogP contribution is -2.10. The predicted octanol–water partition coefficient (Wildman–Crippen LogP) is 4.70. The van der Waals surface area contributed by atoms with Crippen LogP contribution in [0.4, 0.5) is 13.2 Å². The zero-order valence-electron chi connectivity index (χ0n) is 15.5. The van der Waals surface area contributed by atoms with Crippen molar-refractivity contribution < 1.29 is 17.6 Å². The molecule has 0 atom stereocenters. The lowest BCUT2D eigenvalue weighted by molar-refractivity contribution is -0.136. The molecule has 5 nitrogen and oxygen atoms in total. The number of alkyl halides is 3. The number of nitriles is 1. The summed E-state index contributed by atoms with van der Waals surface area (Å²) in [6, 6.07) is 11.9. The molecule has 0 saturated carbocycles. The topological polar surface area (TPSA) is 71.8 Å². The maximum atomic E-state index is 13.9. The van der Waals surface area contributed by atoms with E-state index in [2.05, 4.69) is 4.98 Å². The van der Waals surface area contributed by atoms with Gasteiger partial charge in [0.2, 0.25) is 0 Å². The summed E-state index contributed by atoms with van der Waals surface area (Å²) in [5, 5.41) is 9.42. The highest BCUT2D eigenvalue weighted by Crippen LogP contribution is 2.41. The zero-order valence-corrected chi connectivity index (χ0v) is 15.5. The lowest BCUT2D eigenvalue weighted by Gasteiger charge is -2.13. The van der Waals surface area contributed by atoms with Crippen molar-refractivity contribution in [1.29, 1.82) is 5.26 Å². The van der Waals surface area contributed by atoms with Gasteiger partial charge >= 0.3 is 11.8 Å². The Morgan fingerprint density at radius 2 is 1.86 bits per heavy atom. The maximum Gasteiger partial charge on any atom is 0.417 e. The Morgan fingerprint density at radius 3 is 2.48 bits per heavy atom. The number of aromatic nitrogens is 2. The smallest absolute Gasteiger partial charge is 0.407 e. The molecule has 0 unspecified atom stereocenters. The first kappa shape index (κ1) is 18.7. The summed E-state index contributed by atoms with van der Waals surface area (Å²) < 4.78 is 48.1. The second-order valence-corrected chi connectivity index (χ2v) is 6.74. The standard InChI is InChI=1S/C21H14F3N3O2/c1-11-8-15(21(22,23)24)16-17-19(20(28)29-12(2)26-17)27(18(16)14(11)9-25)10-13-6-4-3-5-7-13/h3-8H,10H2,1-2H3. The van der Waals surface area contributed by atoms with Gasteiger partial charge in [0, 0.05) is 18.9 Å². The molecule has 0 bridgehead atoms. The lowest BCUT2D eigenvalue weighted by atomic mass is 9.99. The first-order valence-corrected chi connectivity index (χ1v) is 8.71. The molecule has 2 heterocycles. The van der Waals surface area contributed by atoms with Crippen LogP contribution in [-0.2, 0) is 12.7 Å². The first-order valence-electron chi connectivity index (χ1n) is 8.71. The minimum absolute atomic E-state index is 0.0316. The zero-order chi connectivity index (χ0) is 20.9. The van der Waals surface area contributed by atoms with E-state index in [1.807, 2.05) is 6.07 Å². The van der Waals surface area contributed by atoms with Gasteiger partial charge < -0.3 is 8.98 Å². The Morgan fingerprint density at radius 1 is 1.17 bits per heavy atom. The molecule has 0 fully saturated rings. The summed E-state index contributed by atoms with van der Waals surface area (Å²) >= 11 is 0. The monoisotopic (exact) mass is 397 g/mol. The van der Waals surface area contributed by atoms with Crippen LogP contribution >= 0.6 is 0 Å². The van der Waals surface area contributed by atoms with Crippen LogP contribution in [0.25, 0.3) is 21.9 Å². The number of hydrogen-bond acceptors (Lipinski definition) is 4. The molecule has 2 aromatic carbocycles. The number of rotatable bonds is 2. The van der Waals surface area contributed by atoms with Gasteiger partial charge in [0.25, 0.3) is 0 Å². The largest absolute Gasteiger partial charge is 0.417 e. The van der Waals surface area contributed by atoms with Gasteiger partial charge in [0.1, 0.15) is 11.6 Å². The third-order valence-corrected chi connectivity index (χ3v) is 4.80. The average Bonchev–Trinajstić information content (AvgIpc) is 2.95. The molecular formula is C21H14F3N3O2. The number of halogens is 3. The number of hydrogen-bond donors (Lipinski definition) is 0. The van der Waals surface area contributed by atoms with Crippen LogP contribution in [-0.4, -0.2) is 9.55 Å². The molecule has 4 rings (SSSR count). The van der Waals surface area contributed by atoms with Crippen LogP contribution < -0.4 is 5.63 Å². The van der Waals surface area contributed by atoms with Crippen LogP contribution in [0, 0.1) is 25.2 Å². The summed E-state index contributed by atoms with van der Waals surface area (Å²) in [5.74, 6) is -0.0477. The molecule has 29 heavy (non-hydrogen) atoms. The Kier molecular flexibility index (Phi) is 4.19. The minimum atomic E-state index is -4.69. The fraction of sp³-hybridized carbons (Fsp3) is 0.190. The van der Waals surface area contributed by atoms with Gasteiger partial charge in [-0.2, -0.15) is 18.4 Å². The predicted molar refractivity (Wildman–Crippen MR) is 101 cm³/mol. The van der Waals surface area contributed by atoms with Crippen LogP contribution in [0.2, 0.25) is 0 Å². The molecule has 2 aromatic heterocycles. The Bertz CT molecular complexity index is 1360. The normalized spacial score (nSPS) is 11.9. The summed E-state index contributed by atoms with van der Waals surface area (Å²) in [5.41, 5.74) is -0.915. The average molecular weight is 397 g/mol. The second kappa shape index (κ2) is 6.48. The van der Waals surface area contributed by atoms with Gasteiger partial charge in [-0.3, -0.25) is 0 Å². The van der Waals surface area contributed by atoms with Crippen LogP contribution in [0.1, 0.15) is 28.1 Å². The fourth-order valence-corrected chi connectivity index (χ4v) is 3.64. The highest BCUT2D eigenvalue weighted by atomic mass is 19.4. The number of aryl methyl sites for hydroxylation is 2. The SMILES string of the molecule is Cc1nc2c3c(C(F)(F)F)cc(C)c(C#N)c3n(Cc3ccccc3)c2c(=O)o1. The van der Waals surface area contributed by atoms with Crippen molar-refractivity contribution in [1.82, 2.24) is 9.55 Å². The minimum Gasteiger partial charge on any atom is -0.407 e. The van der Waals surface area contributed by atoms with E-state index in [1.54, 1.807) is 30.3 Å². The third kappa shape index (κ3) is 2.95. The van der Waals surface area contributed by atoms with Crippen molar-refractivity contribution >= 4 is 21.9 Å². The molecule has 0 aliphatic heterocycles. The Balaban J connectivity index is 2.28. The number of fused-ring (bicyclic) bond motifs is 3. The molecule has 8 heteroatoms. The van der Waals surface area contributed by atoms with E-state index in [4.69, 9.17) is 4.42 Å². The molecule has 0 spiro atoms. The van der Waals surface area contributed by atoms with Gasteiger partial charge in [-0.05, 0) is 24.1 Å². The summed E-state index contributed by atoms with van der Waals surface area (Å²) in [4.78, 5) is 16.7. The van der Waals surface area contributed by atoms with Crippen molar-refractivity contribution in [3.05, 3.63) is 75.0 Å². The first-order chi connectivity index (χ1) is 13.7. The van der Waals surface area contributed by atoms with E-state index in [9.17, 15) is 23.2 Å². The van der Waals surface area contributed by atoms with Gasteiger partial charge in [0.15, 0.2) is 11.4 Å². The maximum absolute atomic E-state index is 13.9.